The first kappa shape index (κ1) is 29.8. The first-order valence-electron chi connectivity index (χ1n) is 12.1. The van der Waals surface area contributed by atoms with Crippen molar-refractivity contribution in [1.29, 1.82) is 0 Å². The van der Waals surface area contributed by atoms with E-state index in [9.17, 15) is 24.0 Å². The molecule has 0 saturated carbocycles. The SMILES string of the molecule is CCCCC(=O)N[C@@H](Cc1ccccc1)C(=O)C[C@@H](CCCCN)C(=O)N[C@@H](CC(N)=O)C(N)=O. The number of primary amides is 2. The summed E-state index contributed by atoms with van der Waals surface area (Å²) in [7, 11) is 0. The van der Waals surface area contributed by atoms with Crippen LogP contribution in [-0.4, -0.2) is 48.0 Å². The molecular weight excluding hydrogens is 450 g/mol. The second kappa shape index (κ2) is 16.4. The molecule has 1 aromatic rings. The van der Waals surface area contributed by atoms with E-state index in [1.807, 2.05) is 37.3 Å². The molecule has 1 rings (SSSR count). The summed E-state index contributed by atoms with van der Waals surface area (Å²) in [4.78, 5) is 61.6. The summed E-state index contributed by atoms with van der Waals surface area (Å²) in [6.45, 7) is 2.40. The number of carbonyl (C=O) groups excluding carboxylic acids is 5. The van der Waals surface area contributed by atoms with Gasteiger partial charge in [0, 0.05) is 18.8 Å². The van der Waals surface area contributed by atoms with E-state index < -0.39 is 42.1 Å². The van der Waals surface area contributed by atoms with E-state index in [1.165, 1.54) is 0 Å². The van der Waals surface area contributed by atoms with Crippen LogP contribution in [0.3, 0.4) is 0 Å². The lowest BCUT2D eigenvalue weighted by molar-refractivity contribution is -0.134. The lowest BCUT2D eigenvalue weighted by atomic mass is 9.90. The predicted octanol–water partition coefficient (Wildman–Crippen LogP) is 0.454. The Labute approximate surface area is 206 Å². The van der Waals surface area contributed by atoms with Crippen LogP contribution in [0.4, 0.5) is 0 Å². The van der Waals surface area contributed by atoms with Crippen LogP contribution < -0.4 is 27.8 Å². The molecule has 10 heteroatoms. The summed E-state index contributed by atoms with van der Waals surface area (Å²) in [5, 5.41) is 5.27. The maximum absolute atomic E-state index is 13.3. The van der Waals surface area contributed by atoms with Crippen molar-refractivity contribution in [2.45, 2.75) is 76.8 Å². The van der Waals surface area contributed by atoms with Gasteiger partial charge in [-0.3, -0.25) is 24.0 Å². The molecule has 0 aliphatic carbocycles. The maximum atomic E-state index is 13.3. The van der Waals surface area contributed by atoms with Gasteiger partial charge in [-0.25, -0.2) is 0 Å². The Balaban J connectivity index is 3.03. The maximum Gasteiger partial charge on any atom is 0.240 e. The fourth-order valence-electron chi connectivity index (χ4n) is 3.66. The van der Waals surface area contributed by atoms with E-state index in [0.717, 1.165) is 12.0 Å². The summed E-state index contributed by atoms with van der Waals surface area (Å²) in [6.07, 6.45) is 3.16. The van der Waals surface area contributed by atoms with E-state index >= 15 is 0 Å². The molecule has 0 radical (unpaired) electrons. The number of amides is 4. The highest BCUT2D eigenvalue weighted by molar-refractivity contribution is 5.95. The third-order valence-electron chi connectivity index (χ3n) is 5.65. The van der Waals surface area contributed by atoms with Crippen molar-refractivity contribution >= 4 is 29.4 Å². The summed E-state index contributed by atoms with van der Waals surface area (Å²) >= 11 is 0. The third-order valence-corrected chi connectivity index (χ3v) is 5.65. The molecule has 4 amide bonds. The molecular formula is C25H39N5O5. The molecule has 35 heavy (non-hydrogen) atoms. The van der Waals surface area contributed by atoms with E-state index in [1.54, 1.807) is 0 Å². The number of nitrogens with one attached hydrogen (secondary N) is 2. The summed E-state index contributed by atoms with van der Waals surface area (Å²) in [5.41, 5.74) is 16.9. The second-order valence-corrected chi connectivity index (χ2v) is 8.70. The molecule has 0 aliphatic heterocycles. The Morgan fingerprint density at radius 2 is 1.57 bits per heavy atom. The molecule has 0 aromatic heterocycles. The number of ketones is 1. The highest BCUT2D eigenvalue weighted by Crippen LogP contribution is 2.17. The molecule has 0 unspecified atom stereocenters. The normalized spacial score (nSPS) is 13.3. The van der Waals surface area contributed by atoms with Gasteiger partial charge in [-0.2, -0.15) is 0 Å². The number of hydrogen-bond acceptors (Lipinski definition) is 6. The predicted molar refractivity (Wildman–Crippen MR) is 133 cm³/mol. The number of hydrogen-bond donors (Lipinski definition) is 5. The topological polar surface area (TPSA) is 187 Å². The van der Waals surface area contributed by atoms with E-state index in [-0.39, 0.29) is 18.1 Å². The van der Waals surface area contributed by atoms with Crippen LogP contribution in [0.1, 0.15) is 63.9 Å². The number of Topliss-reactive ketones (excluding diaryl/α,β-unsaturated/α-hetero) is 1. The van der Waals surface area contributed by atoms with Crippen molar-refractivity contribution in [3.8, 4) is 0 Å². The van der Waals surface area contributed by atoms with Gasteiger partial charge in [0.1, 0.15) is 6.04 Å². The van der Waals surface area contributed by atoms with Crippen molar-refractivity contribution in [2.24, 2.45) is 23.1 Å². The minimum atomic E-state index is -1.26. The quantitative estimate of drug-likeness (QED) is 0.186. The molecule has 1 aromatic carbocycles. The smallest absolute Gasteiger partial charge is 0.240 e. The largest absolute Gasteiger partial charge is 0.370 e. The van der Waals surface area contributed by atoms with E-state index in [4.69, 9.17) is 17.2 Å². The highest BCUT2D eigenvalue weighted by Gasteiger charge is 2.30. The van der Waals surface area contributed by atoms with Crippen molar-refractivity contribution < 1.29 is 24.0 Å². The molecule has 10 nitrogen and oxygen atoms in total. The summed E-state index contributed by atoms with van der Waals surface area (Å²) in [5.74, 6) is -3.56. The molecule has 0 fully saturated rings. The fourth-order valence-corrected chi connectivity index (χ4v) is 3.66. The molecule has 3 atom stereocenters. The zero-order valence-electron chi connectivity index (χ0n) is 20.5. The number of carbonyl (C=O) groups is 5. The zero-order chi connectivity index (χ0) is 26.2. The van der Waals surface area contributed by atoms with Crippen molar-refractivity contribution in [2.75, 3.05) is 6.54 Å². The van der Waals surface area contributed by atoms with Gasteiger partial charge in [0.15, 0.2) is 5.78 Å². The number of unbranched alkanes of at least 4 members (excludes halogenated alkanes) is 2. The molecule has 0 aliphatic rings. The van der Waals surface area contributed by atoms with Crippen LogP contribution in [-0.2, 0) is 30.4 Å². The monoisotopic (exact) mass is 489 g/mol. The second-order valence-electron chi connectivity index (χ2n) is 8.70. The summed E-state index contributed by atoms with van der Waals surface area (Å²) < 4.78 is 0. The molecule has 8 N–H and O–H groups in total. The Hall–Kier alpha value is -3.27. The molecule has 0 spiro atoms. The Bertz CT molecular complexity index is 846. The first-order chi connectivity index (χ1) is 16.7. The van der Waals surface area contributed by atoms with Crippen LogP contribution in [0.2, 0.25) is 0 Å². The average Bonchev–Trinajstić information content (AvgIpc) is 2.81. The van der Waals surface area contributed by atoms with Gasteiger partial charge in [0.05, 0.1) is 12.5 Å². The zero-order valence-corrected chi connectivity index (χ0v) is 20.5. The van der Waals surface area contributed by atoms with E-state index in [0.29, 0.717) is 45.1 Å². The van der Waals surface area contributed by atoms with Gasteiger partial charge in [0.25, 0.3) is 0 Å². The minimum absolute atomic E-state index is 0.149. The lowest BCUT2D eigenvalue weighted by Crippen LogP contribution is -2.49. The van der Waals surface area contributed by atoms with Crippen molar-refractivity contribution in [3.05, 3.63) is 35.9 Å². The Kier molecular flexibility index (Phi) is 13.9. The Morgan fingerprint density at radius 1 is 0.886 bits per heavy atom. The van der Waals surface area contributed by atoms with Crippen LogP contribution in [0.15, 0.2) is 30.3 Å². The highest BCUT2D eigenvalue weighted by atomic mass is 16.2. The van der Waals surface area contributed by atoms with Crippen LogP contribution in [0.5, 0.6) is 0 Å². The average molecular weight is 490 g/mol. The van der Waals surface area contributed by atoms with Crippen LogP contribution in [0.25, 0.3) is 0 Å². The van der Waals surface area contributed by atoms with Crippen LogP contribution in [0, 0.1) is 5.92 Å². The van der Waals surface area contributed by atoms with Gasteiger partial charge in [-0.15, -0.1) is 0 Å². The first-order valence-corrected chi connectivity index (χ1v) is 12.1. The van der Waals surface area contributed by atoms with Gasteiger partial charge in [-0.05, 0) is 37.8 Å². The van der Waals surface area contributed by atoms with Crippen LogP contribution >= 0.6 is 0 Å². The lowest BCUT2D eigenvalue weighted by Gasteiger charge is -2.23. The third kappa shape index (κ3) is 12.1. The van der Waals surface area contributed by atoms with E-state index in [2.05, 4.69) is 10.6 Å². The van der Waals surface area contributed by atoms with Gasteiger partial charge in [-0.1, -0.05) is 50.1 Å². The molecule has 194 valence electrons. The van der Waals surface area contributed by atoms with Crippen molar-refractivity contribution in [1.82, 2.24) is 10.6 Å². The molecule has 0 bridgehead atoms. The minimum Gasteiger partial charge on any atom is -0.370 e. The van der Waals surface area contributed by atoms with Gasteiger partial charge >= 0.3 is 0 Å². The number of nitrogens with two attached hydrogens (primary N) is 3. The molecule has 0 heterocycles. The van der Waals surface area contributed by atoms with Gasteiger partial charge in [0.2, 0.25) is 23.6 Å². The van der Waals surface area contributed by atoms with Gasteiger partial charge < -0.3 is 27.8 Å². The number of benzene rings is 1. The standard InChI is InChI=1S/C25H39N5O5/c1-2-3-12-23(33)29-19(14-17-9-5-4-6-10-17)21(31)15-18(11-7-8-13-26)25(35)30-20(24(28)34)16-22(27)32/h4-6,9-10,18-20H,2-3,7-8,11-16,26H2,1H3,(H2,27,32)(H2,28,34)(H,29,33)(H,30,35)/t18-,19+,20+/m1/s1. The number of rotatable bonds is 18. The fraction of sp³-hybridized carbons (Fsp3) is 0.560. The molecule has 0 saturated heterocycles. The summed E-state index contributed by atoms with van der Waals surface area (Å²) in [6, 6.07) is 7.23. The van der Waals surface area contributed by atoms with Crippen molar-refractivity contribution in [3.63, 3.8) is 0 Å². The Morgan fingerprint density at radius 3 is 2.14 bits per heavy atom.